The van der Waals surface area contributed by atoms with Crippen LogP contribution in [0.1, 0.15) is 0 Å². The number of hydrogen-bond donors (Lipinski definition) is 2. The molecule has 1 atom stereocenters. The largest absolute Gasteiger partial charge is 0.480 e. The minimum atomic E-state index is -1.16. The van der Waals surface area contributed by atoms with Crippen molar-refractivity contribution in [3.63, 3.8) is 0 Å². The van der Waals surface area contributed by atoms with E-state index in [1.54, 1.807) is 0 Å². The Hall–Kier alpha value is -1.10. The zero-order chi connectivity index (χ0) is 9.02. The highest BCUT2D eigenvalue weighted by molar-refractivity contribution is 6.00. The molecule has 1 unspecified atom stereocenters. The summed E-state index contributed by atoms with van der Waals surface area (Å²) >= 11 is 0. The van der Waals surface area contributed by atoms with Crippen LogP contribution in [0.4, 0.5) is 0 Å². The SMILES string of the molecule is CNC(C(=O)O)C(=O)N(C)C. The molecule has 0 saturated carbocycles. The molecule has 0 aliphatic heterocycles. The number of rotatable bonds is 3. The Labute approximate surface area is 65.0 Å². The van der Waals surface area contributed by atoms with Gasteiger partial charge in [0.15, 0.2) is 6.04 Å². The lowest BCUT2D eigenvalue weighted by Crippen LogP contribution is -2.47. The van der Waals surface area contributed by atoms with Crippen LogP contribution in [0.25, 0.3) is 0 Å². The van der Waals surface area contributed by atoms with E-state index in [2.05, 4.69) is 5.32 Å². The van der Waals surface area contributed by atoms with Crippen molar-refractivity contribution in [2.45, 2.75) is 6.04 Å². The molecule has 0 heterocycles. The van der Waals surface area contributed by atoms with Gasteiger partial charge in [-0.1, -0.05) is 0 Å². The summed E-state index contributed by atoms with van der Waals surface area (Å²) in [6.45, 7) is 0. The van der Waals surface area contributed by atoms with Gasteiger partial charge in [0.1, 0.15) is 0 Å². The molecular weight excluding hydrogens is 148 g/mol. The minimum Gasteiger partial charge on any atom is -0.480 e. The predicted molar refractivity (Wildman–Crippen MR) is 39.2 cm³/mol. The van der Waals surface area contributed by atoms with Crippen molar-refractivity contribution >= 4 is 11.9 Å². The van der Waals surface area contributed by atoms with E-state index in [1.165, 1.54) is 26.0 Å². The number of carbonyl (C=O) groups is 2. The summed E-state index contributed by atoms with van der Waals surface area (Å²) in [5, 5.41) is 10.9. The maximum atomic E-state index is 11.0. The van der Waals surface area contributed by atoms with Crippen LogP contribution in [0.2, 0.25) is 0 Å². The predicted octanol–water partition coefficient (Wildman–Crippen LogP) is -1.25. The Morgan fingerprint density at radius 2 is 1.91 bits per heavy atom. The van der Waals surface area contributed by atoms with E-state index < -0.39 is 17.9 Å². The van der Waals surface area contributed by atoms with E-state index in [1.807, 2.05) is 0 Å². The molecule has 0 radical (unpaired) electrons. The average Bonchev–Trinajstić information content (AvgIpc) is 1.88. The lowest BCUT2D eigenvalue weighted by Gasteiger charge is -2.15. The van der Waals surface area contributed by atoms with Crippen LogP contribution in [0, 0.1) is 0 Å². The van der Waals surface area contributed by atoms with E-state index in [0.717, 1.165) is 0 Å². The van der Waals surface area contributed by atoms with E-state index >= 15 is 0 Å². The third kappa shape index (κ3) is 2.55. The molecular formula is C6H12N2O3. The molecule has 0 saturated heterocycles. The molecule has 0 fully saturated rings. The Morgan fingerprint density at radius 3 is 2.00 bits per heavy atom. The standard InChI is InChI=1S/C6H12N2O3/c1-7-4(6(10)11)5(9)8(2)3/h4,7H,1-3H3,(H,10,11). The number of amides is 1. The molecule has 0 aromatic rings. The zero-order valence-corrected chi connectivity index (χ0v) is 6.79. The average molecular weight is 160 g/mol. The second-order valence-corrected chi connectivity index (χ2v) is 2.29. The molecule has 0 aliphatic rings. The van der Waals surface area contributed by atoms with Crippen molar-refractivity contribution in [1.29, 1.82) is 0 Å². The van der Waals surface area contributed by atoms with Crippen LogP contribution < -0.4 is 5.32 Å². The van der Waals surface area contributed by atoms with Gasteiger partial charge in [0.2, 0.25) is 0 Å². The van der Waals surface area contributed by atoms with Crippen LogP contribution in [0.5, 0.6) is 0 Å². The first-order valence-corrected chi connectivity index (χ1v) is 3.12. The fourth-order valence-electron chi connectivity index (χ4n) is 0.611. The van der Waals surface area contributed by atoms with Crippen molar-refractivity contribution in [2.75, 3.05) is 21.1 Å². The summed E-state index contributed by atoms with van der Waals surface area (Å²) < 4.78 is 0. The summed E-state index contributed by atoms with van der Waals surface area (Å²) in [5.41, 5.74) is 0. The molecule has 5 heteroatoms. The highest BCUT2D eigenvalue weighted by Crippen LogP contribution is 1.88. The summed E-state index contributed by atoms with van der Waals surface area (Å²) in [6.07, 6.45) is 0. The highest BCUT2D eigenvalue weighted by Gasteiger charge is 2.25. The molecule has 0 aromatic carbocycles. The summed E-state index contributed by atoms with van der Waals surface area (Å²) in [6, 6.07) is -1.13. The quantitative estimate of drug-likeness (QED) is 0.506. The van der Waals surface area contributed by atoms with E-state index in [9.17, 15) is 9.59 Å². The smallest absolute Gasteiger partial charge is 0.330 e. The van der Waals surface area contributed by atoms with Crippen LogP contribution in [-0.4, -0.2) is 49.1 Å². The lowest BCUT2D eigenvalue weighted by molar-refractivity contribution is -0.146. The van der Waals surface area contributed by atoms with Crippen molar-refractivity contribution in [1.82, 2.24) is 10.2 Å². The van der Waals surface area contributed by atoms with Crippen LogP contribution in [-0.2, 0) is 9.59 Å². The normalized spacial score (nSPS) is 12.3. The number of hydrogen-bond acceptors (Lipinski definition) is 3. The van der Waals surface area contributed by atoms with Gasteiger partial charge in [0.05, 0.1) is 0 Å². The Kier molecular flexibility index (Phi) is 3.53. The molecule has 0 rings (SSSR count). The fourth-order valence-corrected chi connectivity index (χ4v) is 0.611. The van der Waals surface area contributed by atoms with Gasteiger partial charge in [-0.25, -0.2) is 4.79 Å². The first-order valence-electron chi connectivity index (χ1n) is 3.12. The molecule has 0 spiro atoms. The van der Waals surface area contributed by atoms with Gasteiger partial charge < -0.3 is 10.0 Å². The van der Waals surface area contributed by atoms with Gasteiger partial charge in [-0.15, -0.1) is 0 Å². The van der Waals surface area contributed by atoms with Gasteiger partial charge >= 0.3 is 5.97 Å². The number of carbonyl (C=O) groups excluding carboxylic acids is 1. The molecule has 64 valence electrons. The number of carboxylic acid groups (broad SMARTS) is 1. The van der Waals surface area contributed by atoms with Gasteiger partial charge in [0.25, 0.3) is 5.91 Å². The maximum Gasteiger partial charge on any atom is 0.330 e. The molecule has 0 aliphatic carbocycles. The molecule has 0 bridgehead atoms. The second-order valence-electron chi connectivity index (χ2n) is 2.29. The van der Waals surface area contributed by atoms with Gasteiger partial charge in [-0.05, 0) is 7.05 Å². The van der Waals surface area contributed by atoms with Crippen LogP contribution in [0.15, 0.2) is 0 Å². The summed E-state index contributed by atoms with van der Waals surface area (Å²) in [5.74, 6) is -1.62. The lowest BCUT2D eigenvalue weighted by atomic mass is 10.3. The Bertz CT molecular complexity index is 167. The molecule has 11 heavy (non-hydrogen) atoms. The van der Waals surface area contributed by atoms with Crippen LogP contribution >= 0.6 is 0 Å². The fraction of sp³-hybridized carbons (Fsp3) is 0.667. The number of nitrogens with zero attached hydrogens (tertiary/aromatic N) is 1. The monoisotopic (exact) mass is 160 g/mol. The van der Waals surface area contributed by atoms with Crippen molar-refractivity contribution in [2.24, 2.45) is 0 Å². The highest BCUT2D eigenvalue weighted by atomic mass is 16.4. The molecule has 5 nitrogen and oxygen atoms in total. The number of aliphatic carboxylic acids is 1. The minimum absolute atomic E-state index is 0.458. The van der Waals surface area contributed by atoms with E-state index in [0.29, 0.717) is 0 Å². The number of nitrogens with one attached hydrogen (secondary N) is 1. The Balaban J connectivity index is 4.27. The van der Waals surface area contributed by atoms with Crippen LogP contribution in [0.3, 0.4) is 0 Å². The van der Waals surface area contributed by atoms with Crippen molar-refractivity contribution in [3.8, 4) is 0 Å². The van der Waals surface area contributed by atoms with Gasteiger partial charge in [-0.2, -0.15) is 0 Å². The second kappa shape index (κ2) is 3.92. The third-order valence-corrected chi connectivity index (χ3v) is 1.22. The first-order chi connectivity index (χ1) is 5.00. The third-order valence-electron chi connectivity index (χ3n) is 1.22. The topological polar surface area (TPSA) is 69.6 Å². The maximum absolute atomic E-state index is 11.0. The molecule has 0 aromatic heterocycles. The summed E-state index contributed by atoms with van der Waals surface area (Å²) in [4.78, 5) is 22.6. The van der Waals surface area contributed by atoms with Crippen molar-refractivity contribution in [3.05, 3.63) is 0 Å². The first kappa shape index (κ1) is 9.90. The van der Waals surface area contributed by atoms with E-state index in [4.69, 9.17) is 5.11 Å². The zero-order valence-electron chi connectivity index (χ0n) is 6.79. The van der Waals surface area contributed by atoms with E-state index in [-0.39, 0.29) is 0 Å². The van der Waals surface area contributed by atoms with Gasteiger partial charge in [-0.3, -0.25) is 10.1 Å². The van der Waals surface area contributed by atoms with Gasteiger partial charge in [0, 0.05) is 14.1 Å². The number of carboxylic acids is 1. The molecule has 1 amide bonds. The number of likely N-dealkylation sites (N-methyl/N-ethyl adjacent to an activating group) is 2. The van der Waals surface area contributed by atoms with Crippen molar-refractivity contribution < 1.29 is 14.7 Å². The summed E-state index contributed by atoms with van der Waals surface area (Å²) in [7, 11) is 4.45. The Morgan fingerprint density at radius 1 is 1.45 bits per heavy atom. The molecule has 2 N–H and O–H groups in total.